The molecule has 2 aliphatic heterocycles. The van der Waals surface area contributed by atoms with Crippen molar-refractivity contribution < 1.29 is 9.90 Å². The monoisotopic (exact) mass is 514 g/mol. The molecule has 2 fully saturated rings. The highest BCUT2D eigenvalue weighted by Gasteiger charge is 2.59. The summed E-state index contributed by atoms with van der Waals surface area (Å²) in [6.45, 7) is 6.44. The molecule has 4 rings (SSSR count). The predicted molar refractivity (Wildman–Crippen MR) is 119 cm³/mol. The van der Waals surface area contributed by atoms with Crippen LogP contribution in [0.2, 0.25) is 5.15 Å². The van der Waals surface area contributed by atoms with Crippen LogP contribution in [0.4, 0.5) is 10.6 Å². The van der Waals surface area contributed by atoms with Gasteiger partial charge >= 0.3 is 6.09 Å². The number of halogens is 2. The Morgan fingerprint density at radius 1 is 1.43 bits per heavy atom. The highest BCUT2D eigenvalue weighted by atomic mass is 127. The molecule has 4 heterocycles. The van der Waals surface area contributed by atoms with Crippen LogP contribution in [0.15, 0.2) is 18.3 Å². The van der Waals surface area contributed by atoms with Gasteiger partial charge in [0, 0.05) is 33.3 Å². The van der Waals surface area contributed by atoms with Crippen LogP contribution in [-0.2, 0) is 0 Å². The van der Waals surface area contributed by atoms with Gasteiger partial charge < -0.3 is 10.4 Å². The van der Waals surface area contributed by atoms with E-state index in [0.717, 1.165) is 46.0 Å². The molecule has 2 saturated heterocycles. The van der Waals surface area contributed by atoms with Gasteiger partial charge in [-0.25, -0.2) is 9.78 Å². The number of nitrogens with one attached hydrogen (secondary N) is 1. The standard InChI is InChI=1S/C20H24ClIN4O2/c1-19(2,3)20-5-4-13(26(20)18(27)28)7-12(9-20)24-17-14-6-11(22)10-23-15(14)8-16(21)25-17/h6,8,10,12-13H,4-5,7,9H2,1-3H3,(H,24,25)(H,27,28)/t12-,13-,20+/m0/s1. The number of hydrogen-bond acceptors (Lipinski definition) is 4. The molecule has 0 radical (unpaired) electrons. The zero-order valence-electron chi connectivity index (χ0n) is 16.2. The van der Waals surface area contributed by atoms with Gasteiger partial charge in [-0.1, -0.05) is 32.4 Å². The second kappa shape index (κ2) is 6.86. The number of carboxylic acid groups (broad SMARTS) is 1. The quantitative estimate of drug-likeness (QED) is 0.415. The molecule has 2 aliphatic rings. The molecule has 0 aromatic carbocycles. The molecule has 0 saturated carbocycles. The largest absolute Gasteiger partial charge is 0.465 e. The van der Waals surface area contributed by atoms with Crippen molar-refractivity contribution >= 4 is 57.0 Å². The van der Waals surface area contributed by atoms with Crippen LogP contribution in [0.25, 0.3) is 10.9 Å². The molecule has 2 aromatic heterocycles. The van der Waals surface area contributed by atoms with E-state index < -0.39 is 6.09 Å². The number of rotatable bonds is 2. The summed E-state index contributed by atoms with van der Waals surface area (Å²) < 4.78 is 1.03. The van der Waals surface area contributed by atoms with E-state index in [1.165, 1.54) is 0 Å². The highest BCUT2D eigenvalue weighted by Crippen LogP contribution is 2.53. The first-order valence-electron chi connectivity index (χ1n) is 9.51. The molecule has 0 spiro atoms. The number of pyridine rings is 2. The molecule has 150 valence electrons. The van der Waals surface area contributed by atoms with E-state index >= 15 is 0 Å². The molecular weight excluding hydrogens is 491 g/mol. The Labute approximate surface area is 183 Å². The maximum Gasteiger partial charge on any atom is 0.408 e. The number of piperidine rings is 1. The van der Waals surface area contributed by atoms with Gasteiger partial charge in [-0.15, -0.1) is 0 Å². The molecule has 0 aliphatic carbocycles. The summed E-state index contributed by atoms with van der Waals surface area (Å²) in [5, 5.41) is 14.8. The van der Waals surface area contributed by atoms with Crippen LogP contribution in [0.5, 0.6) is 0 Å². The SMILES string of the molecule is CC(C)(C)[C@@]12CC[C@@H](C[C@H](Nc3nc(Cl)cc4ncc(I)cc34)C1)N2C(=O)O. The van der Waals surface area contributed by atoms with Crippen LogP contribution < -0.4 is 5.32 Å². The second-order valence-electron chi connectivity index (χ2n) is 8.92. The Bertz CT molecular complexity index is 948. The van der Waals surface area contributed by atoms with Crippen LogP contribution in [0.3, 0.4) is 0 Å². The second-order valence-corrected chi connectivity index (χ2v) is 10.6. The Kier molecular flexibility index (Phi) is 4.89. The number of hydrogen-bond donors (Lipinski definition) is 2. The molecule has 2 N–H and O–H groups in total. The van der Waals surface area contributed by atoms with E-state index in [-0.39, 0.29) is 23.0 Å². The molecule has 2 aromatic rings. The van der Waals surface area contributed by atoms with E-state index in [4.69, 9.17) is 11.6 Å². The van der Waals surface area contributed by atoms with Crippen molar-refractivity contribution in [1.82, 2.24) is 14.9 Å². The van der Waals surface area contributed by atoms with Crippen LogP contribution in [0.1, 0.15) is 46.5 Å². The van der Waals surface area contributed by atoms with Crippen LogP contribution in [0, 0.1) is 8.99 Å². The topological polar surface area (TPSA) is 78.4 Å². The van der Waals surface area contributed by atoms with E-state index in [0.29, 0.717) is 5.15 Å². The Balaban J connectivity index is 1.70. The van der Waals surface area contributed by atoms with Gasteiger partial charge in [0.1, 0.15) is 11.0 Å². The lowest BCUT2D eigenvalue weighted by Gasteiger charge is -2.53. The number of nitrogens with zero attached hydrogens (tertiary/aromatic N) is 3. The van der Waals surface area contributed by atoms with E-state index in [2.05, 4.69) is 64.7 Å². The number of aromatic nitrogens is 2. The van der Waals surface area contributed by atoms with E-state index in [1.54, 1.807) is 11.0 Å². The molecular formula is C20H24ClIN4O2. The summed E-state index contributed by atoms with van der Waals surface area (Å²) in [5.74, 6) is 0.728. The molecule has 8 heteroatoms. The van der Waals surface area contributed by atoms with Crippen molar-refractivity contribution in [2.75, 3.05) is 5.32 Å². The summed E-state index contributed by atoms with van der Waals surface area (Å²) in [6, 6.07) is 3.99. The zero-order chi connectivity index (χ0) is 20.3. The minimum Gasteiger partial charge on any atom is -0.465 e. The molecule has 28 heavy (non-hydrogen) atoms. The smallest absolute Gasteiger partial charge is 0.408 e. The van der Waals surface area contributed by atoms with Gasteiger partial charge in [-0.2, -0.15) is 0 Å². The van der Waals surface area contributed by atoms with Crippen molar-refractivity contribution in [3.63, 3.8) is 0 Å². The third kappa shape index (κ3) is 3.20. The summed E-state index contributed by atoms with van der Waals surface area (Å²) in [4.78, 5) is 22.8. The minimum atomic E-state index is -0.805. The first-order valence-corrected chi connectivity index (χ1v) is 11.0. The van der Waals surface area contributed by atoms with Crippen molar-refractivity contribution in [3.8, 4) is 0 Å². The number of anilines is 1. The van der Waals surface area contributed by atoms with Gasteiger partial charge in [0.2, 0.25) is 0 Å². The van der Waals surface area contributed by atoms with Gasteiger partial charge in [-0.3, -0.25) is 9.88 Å². The lowest BCUT2D eigenvalue weighted by Crippen LogP contribution is -2.63. The molecule has 0 unspecified atom stereocenters. The van der Waals surface area contributed by atoms with Crippen molar-refractivity contribution in [2.24, 2.45) is 5.41 Å². The fourth-order valence-electron chi connectivity index (χ4n) is 5.11. The third-order valence-corrected chi connectivity index (χ3v) is 7.20. The maximum atomic E-state index is 12.1. The van der Waals surface area contributed by atoms with E-state index in [1.807, 2.05) is 6.20 Å². The highest BCUT2D eigenvalue weighted by molar-refractivity contribution is 14.1. The number of fused-ring (bicyclic) bond motifs is 3. The van der Waals surface area contributed by atoms with Crippen LogP contribution in [-0.4, -0.2) is 43.7 Å². The molecule has 3 atom stereocenters. The molecule has 6 nitrogen and oxygen atoms in total. The van der Waals surface area contributed by atoms with Gasteiger partial charge in [-0.05, 0) is 59.8 Å². The average Bonchev–Trinajstić information content (AvgIpc) is 2.84. The third-order valence-electron chi connectivity index (χ3n) is 6.42. The van der Waals surface area contributed by atoms with Crippen LogP contribution >= 0.6 is 34.2 Å². The van der Waals surface area contributed by atoms with Crippen molar-refractivity contribution in [1.29, 1.82) is 0 Å². The lowest BCUT2D eigenvalue weighted by atomic mass is 9.67. The van der Waals surface area contributed by atoms with Crippen molar-refractivity contribution in [3.05, 3.63) is 27.1 Å². The summed E-state index contributed by atoms with van der Waals surface area (Å²) >= 11 is 8.48. The zero-order valence-corrected chi connectivity index (χ0v) is 19.1. The summed E-state index contributed by atoms with van der Waals surface area (Å²) in [7, 11) is 0. The first-order chi connectivity index (χ1) is 13.1. The number of carbonyl (C=O) groups is 1. The van der Waals surface area contributed by atoms with Gasteiger partial charge in [0.15, 0.2) is 0 Å². The van der Waals surface area contributed by atoms with Gasteiger partial charge in [0.25, 0.3) is 0 Å². The predicted octanol–water partition coefficient (Wildman–Crippen LogP) is 5.39. The van der Waals surface area contributed by atoms with Crippen molar-refractivity contribution in [2.45, 2.75) is 64.1 Å². The fraction of sp³-hybridized carbons (Fsp3) is 0.550. The van der Waals surface area contributed by atoms with Gasteiger partial charge in [0.05, 0.1) is 11.1 Å². The summed E-state index contributed by atoms with van der Waals surface area (Å²) in [6.07, 6.45) is 4.34. The van der Waals surface area contributed by atoms with E-state index in [9.17, 15) is 9.90 Å². The fourth-order valence-corrected chi connectivity index (χ4v) is 5.75. The normalized spacial score (nSPS) is 27.2. The lowest BCUT2D eigenvalue weighted by molar-refractivity contribution is -0.0175. The minimum absolute atomic E-state index is 0.0340. The summed E-state index contributed by atoms with van der Waals surface area (Å²) in [5.41, 5.74) is 0.279. The Morgan fingerprint density at radius 3 is 2.86 bits per heavy atom. The average molecular weight is 515 g/mol. The molecule has 2 bridgehead atoms. The Hall–Kier alpha value is -1.35. The Morgan fingerprint density at radius 2 is 2.18 bits per heavy atom. The first kappa shape index (κ1) is 19.9. The number of amides is 1. The maximum absolute atomic E-state index is 12.1. The molecule has 1 amide bonds.